The highest BCUT2D eigenvalue weighted by atomic mass is 32.2. The maximum absolute atomic E-state index is 13.0. The van der Waals surface area contributed by atoms with Crippen LogP contribution < -0.4 is 4.74 Å². The molecule has 180 valence electrons. The lowest BCUT2D eigenvalue weighted by Crippen LogP contribution is -2.50. The Morgan fingerprint density at radius 3 is 2.24 bits per heavy atom. The van der Waals surface area contributed by atoms with E-state index < -0.39 is 26.7 Å². The van der Waals surface area contributed by atoms with Gasteiger partial charge in [0.25, 0.3) is 5.91 Å². The second-order valence-corrected chi connectivity index (χ2v) is 10.2. The number of sulfonamides is 1. The van der Waals surface area contributed by atoms with Gasteiger partial charge in [0.05, 0.1) is 17.1 Å². The van der Waals surface area contributed by atoms with Gasteiger partial charge in [-0.25, -0.2) is 8.42 Å². The summed E-state index contributed by atoms with van der Waals surface area (Å²) in [5.41, 5.74) is -0.561. The summed E-state index contributed by atoms with van der Waals surface area (Å²) in [5.74, 6) is 0.964. The van der Waals surface area contributed by atoms with Gasteiger partial charge in [-0.1, -0.05) is 19.9 Å². The molecule has 1 heterocycles. The zero-order valence-electron chi connectivity index (χ0n) is 18.5. The minimum absolute atomic E-state index is 0.000710. The number of rotatable bonds is 7. The summed E-state index contributed by atoms with van der Waals surface area (Å²) in [6.07, 6.45) is -3.71. The normalized spacial score (nSPS) is 15.6. The molecule has 0 atom stereocenters. The van der Waals surface area contributed by atoms with Crippen LogP contribution in [0.1, 0.15) is 36.2 Å². The number of hydrogen-bond donors (Lipinski definition) is 0. The molecule has 0 aromatic heterocycles. The minimum Gasteiger partial charge on any atom is -0.494 e. The SMILES string of the molecule is CC(C)CCOc1ccc(C(=O)N2CCN(S(=O)(=O)c3cccc(C(F)(F)F)c3)CC2)cc1. The molecular formula is C23H27F3N2O4S. The van der Waals surface area contributed by atoms with Crippen molar-refractivity contribution in [2.45, 2.75) is 31.3 Å². The molecule has 6 nitrogen and oxygen atoms in total. The Kier molecular flexibility index (Phi) is 7.69. The van der Waals surface area contributed by atoms with Gasteiger partial charge in [-0.05, 0) is 54.8 Å². The Bertz CT molecular complexity index is 1060. The van der Waals surface area contributed by atoms with Crippen LogP contribution in [0.5, 0.6) is 5.75 Å². The molecule has 2 aromatic carbocycles. The van der Waals surface area contributed by atoms with Crippen molar-refractivity contribution in [3.8, 4) is 5.75 Å². The molecule has 0 bridgehead atoms. The van der Waals surface area contributed by atoms with Gasteiger partial charge in [0, 0.05) is 31.7 Å². The van der Waals surface area contributed by atoms with Crippen LogP contribution in [-0.2, 0) is 16.2 Å². The highest BCUT2D eigenvalue weighted by Gasteiger charge is 2.34. The first kappa shape index (κ1) is 25.0. The lowest BCUT2D eigenvalue weighted by molar-refractivity contribution is -0.137. The Balaban J connectivity index is 1.60. The Morgan fingerprint density at radius 2 is 1.67 bits per heavy atom. The van der Waals surface area contributed by atoms with E-state index in [4.69, 9.17) is 4.74 Å². The van der Waals surface area contributed by atoms with E-state index >= 15 is 0 Å². The molecule has 0 N–H and O–H groups in total. The van der Waals surface area contributed by atoms with Crippen molar-refractivity contribution in [1.82, 2.24) is 9.21 Å². The number of halogens is 3. The third-order valence-corrected chi connectivity index (χ3v) is 7.28. The van der Waals surface area contributed by atoms with Crippen molar-refractivity contribution in [3.63, 3.8) is 0 Å². The molecule has 33 heavy (non-hydrogen) atoms. The van der Waals surface area contributed by atoms with Gasteiger partial charge in [-0.15, -0.1) is 0 Å². The van der Waals surface area contributed by atoms with E-state index in [9.17, 15) is 26.4 Å². The molecule has 3 rings (SSSR count). The maximum atomic E-state index is 13.0. The first-order chi connectivity index (χ1) is 15.5. The van der Waals surface area contributed by atoms with Gasteiger partial charge in [0.2, 0.25) is 10.0 Å². The molecule has 1 aliphatic heterocycles. The smallest absolute Gasteiger partial charge is 0.416 e. The second-order valence-electron chi connectivity index (χ2n) is 8.28. The van der Waals surface area contributed by atoms with Crippen LogP contribution in [-0.4, -0.2) is 56.3 Å². The number of carbonyl (C=O) groups is 1. The van der Waals surface area contributed by atoms with Gasteiger partial charge in [-0.3, -0.25) is 4.79 Å². The van der Waals surface area contributed by atoms with Crippen LogP contribution in [0, 0.1) is 5.92 Å². The minimum atomic E-state index is -4.63. The van der Waals surface area contributed by atoms with E-state index in [1.807, 2.05) is 0 Å². The Hall–Kier alpha value is -2.59. The maximum Gasteiger partial charge on any atom is 0.416 e. The summed E-state index contributed by atoms with van der Waals surface area (Å²) in [6, 6.07) is 10.5. The molecule has 0 spiro atoms. The quantitative estimate of drug-likeness (QED) is 0.589. The number of amides is 1. The molecule has 10 heteroatoms. The largest absolute Gasteiger partial charge is 0.494 e. The van der Waals surface area contributed by atoms with Crippen LogP contribution in [0.2, 0.25) is 0 Å². The van der Waals surface area contributed by atoms with E-state index in [1.54, 1.807) is 24.3 Å². The van der Waals surface area contributed by atoms with Crippen LogP contribution in [0.4, 0.5) is 13.2 Å². The zero-order chi connectivity index (χ0) is 24.2. The summed E-state index contributed by atoms with van der Waals surface area (Å²) in [7, 11) is -4.10. The predicted octanol–water partition coefficient (Wildman–Crippen LogP) is 4.28. The van der Waals surface area contributed by atoms with Crippen molar-refractivity contribution >= 4 is 15.9 Å². The van der Waals surface area contributed by atoms with Gasteiger partial charge in [0.1, 0.15) is 5.75 Å². The van der Waals surface area contributed by atoms with Crippen molar-refractivity contribution < 1.29 is 31.1 Å². The van der Waals surface area contributed by atoms with Crippen LogP contribution in [0.3, 0.4) is 0 Å². The summed E-state index contributed by atoms with van der Waals surface area (Å²) < 4.78 is 71.3. The Labute approximate surface area is 192 Å². The Morgan fingerprint density at radius 1 is 1.03 bits per heavy atom. The summed E-state index contributed by atoms with van der Waals surface area (Å²) in [5, 5.41) is 0. The molecule has 0 saturated carbocycles. The topological polar surface area (TPSA) is 66.9 Å². The number of nitrogens with zero attached hydrogens (tertiary/aromatic N) is 2. The fourth-order valence-corrected chi connectivity index (χ4v) is 4.87. The summed E-state index contributed by atoms with van der Waals surface area (Å²) >= 11 is 0. The number of benzene rings is 2. The standard InChI is InChI=1S/C23H27F3N2O4S/c1-17(2)10-15-32-20-8-6-18(7-9-20)22(29)27-11-13-28(14-12-27)33(30,31)21-5-3-4-19(16-21)23(24,25)26/h3-9,16-17H,10-15H2,1-2H3. The molecule has 0 unspecified atom stereocenters. The molecule has 1 fully saturated rings. The van der Waals surface area contributed by atoms with Gasteiger partial charge in [-0.2, -0.15) is 17.5 Å². The van der Waals surface area contributed by atoms with E-state index in [1.165, 1.54) is 4.90 Å². The van der Waals surface area contributed by atoms with Crippen LogP contribution >= 0.6 is 0 Å². The van der Waals surface area contributed by atoms with Crippen molar-refractivity contribution in [3.05, 3.63) is 59.7 Å². The molecule has 1 saturated heterocycles. The number of carbonyl (C=O) groups excluding carboxylic acids is 1. The molecule has 1 amide bonds. The van der Waals surface area contributed by atoms with Gasteiger partial charge in [0.15, 0.2) is 0 Å². The number of alkyl halides is 3. The zero-order valence-corrected chi connectivity index (χ0v) is 19.3. The van der Waals surface area contributed by atoms with Crippen molar-refractivity contribution in [2.24, 2.45) is 5.92 Å². The molecule has 2 aromatic rings. The third kappa shape index (κ3) is 6.26. The van der Waals surface area contributed by atoms with Crippen LogP contribution in [0.15, 0.2) is 53.4 Å². The van der Waals surface area contributed by atoms with E-state index in [0.29, 0.717) is 29.9 Å². The van der Waals surface area contributed by atoms with Gasteiger partial charge >= 0.3 is 6.18 Å². The lowest BCUT2D eigenvalue weighted by Gasteiger charge is -2.34. The monoisotopic (exact) mass is 484 g/mol. The average Bonchev–Trinajstić information content (AvgIpc) is 2.78. The average molecular weight is 485 g/mol. The first-order valence-electron chi connectivity index (χ1n) is 10.7. The van der Waals surface area contributed by atoms with Crippen molar-refractivity contribution in [2.75, 3.05) is 32.8 Å². The molecular weight excluding hydrogens is 457 g/mol. The summed E-state index contributed by atoms with van der Waals surface area (Å²) in [6.45, 7) is 5.09. The lowest BCUT2D eigenvalue weighted by atomic mass is 10.1. The first-order valence-corrected chi connectivity index (χ1v) is 12.1. The number of ether oxygens (including phenoxy) is 1. The second kappa shape index (κ2) is 10.1. The fourth-order valence-electron chi connectivity index (χ4n) is 3.40. The predicted molar refractivity (Wildman–Crippen MR) is 117 cm³/mol. The molecule has 0 aliphatic carbocycles. The van der Waals surface area contributed by atoms with Gasteiger partial charge < -0.3 is 9.64 Å². The number of hydrogen-bond acceptors (Lipinski definition) is 4. The number of piperazine rings is 1. The fraction of sp³-hybridized carbons (Fsp3) is 0.435. The van der Waals surface area contributed by atoms with Crippen molar-refractivity contribution in [1.29, 1.82) is 0 Å². The van der Waals surface area contributed by atoms with E-state index in [2.05, 4.69) is 13.8 Å². The molecule has 1 aliphatic rings. The van der Waals surface area contributed by atoms with E-state index in [0.717, 1.165) is 28.9 Å². The van der Waals surface area contributed by atoms with E-state index in [-0.39, 0.29) is 32.1 Å². The highest BCUT2D eigenvalue weighted by molar-refractivity contribution is 7.89. The summed E-state index contributed by atoms with van der Waals surface area (Å²) in [4.78, 5) is 13.9. The molecule has 0 radical (unpaired) electrons. The third-order valence-electron chi connectivity index (χ3n) is 5.39. The highest BCUT2D eigenvalue weighted by Crippen LogP contribution is 2.31. The van der Waals surface area contributed by atoms with Crippen LogP contribution in [0.25, 0.3) is 0 Å².